The van der Waals surface area contributed by atoms with Crippen LogP contribution in [0.25, 0.3) is 0 Å². The molecule has 4 rings (SSSR count). The quantitative estimate of drug-likeness (QED) is 0.633. The highest BCUT2D eigenvalue weighted by atomic mass is 32.2. The molecule has 0 bridgehead atoms. The van der Waals surface area contributed by atoms with Crippen molar-refractivity contribution in [2.24, 2.45) is 0 Å². The lowest BCUT2D eigenvalue weighted by Gasteiger charge is -2.34. The molecule has 1 fully saturated rings. The lowest BCUT2D eigenvalue weighted by atomic mass is 10.2. The van der Waals surface area contributed by atoms with Crippen LogP contribution in [0.15, 0.2) is 54.7 Å². The van der Waals surface area contributed by atoms with Gasteiger partial charge in [-0.1, -0.05) is 29.8 Å². The Hall–Kier alpha value is -3.04. The first kappa shape index (κ1) is 21.2. The van der Waals surface area contributed by atoms with Crippen molar-refractivity contribution in [3.05, 3.63) is 71.4 Å². The number of aromatic nitrogens is 3. The lowest BCUT2D eigenvalue weighted by Crippen LogP contribution is -2.49. The number of piperazine rings is 1. The SMILES string of the molecule is Cc1cccc(CS(=O)(=O)N2CCN(c3ccc(Nc4cc(C)ccn4)nn3)CC2)c1. The number of anilines is 3. The maximum Gasteiger partial charge on any atom is 0.218 e. The molecule has 8 nitrogen and oxygen atoms in total. The van der Waals surface area contributed by atoms with Gasteiger partial charge in [-0.05, 0) is 49.2 Å². The van der Waals surface area contributed by atoms with Crippen LogP contribution in [0.2, 0.25) is 0 Å². The second-order valence-corrected chi connectivity index (χ2v) is 9.72. The zero-order valence-corrected chi connectivity index (χ0v) is 18.5. The smallest absolute Gasteiger partial charge is 0.218 e. The van der Waals surface area contributed by atoms with Gasteiger partial charge < -0.3 is 10.2 Å². The third kappa shape index (κ3) is 5.36. The molecule has 0 radical (unpaired) electrons. The van der Waals surface area contributed by atoms with Crippen molar-refractivity contribution in [1.29, 1.82) is 0 Å². The monoisotopic (exact) mass is 438 g/mol. The molecule has 1 saturated heterocycles. The largest absolute Gasteiger partial charge is 0.352 e. The Morgan fingerprint density at radius 1 is 0.903 bits per heavy atom. The maximum atomic E-state index is 12.8. The van der Waals surface area contributed by atoms with Crippen molar-refractivity contribution in [3.63, 3.8) is 0 Å². The Morgan fingerprint density at radius 2 is 1.68 bits per heavy atom. The molecular formula is C22H26N6O2S. The summed E-state index contributed by atoms with van der Waals surface area (Å²) in [7, 11) is -3.35. The summed E-state index contributed by atoms with van der Waals surface area (Å²) in [5.41, 5.74) is 2.99. The van der Waals surface area contributed by atoms with Crippen LogP contribution in [0.5, 0.6) is 0 Å². The van der Waals surface area contributed by atoms with Gasteiger partial charge in [0.05, 0.1) is 5.75 Å². The first-order valence-corrected chi connectivity index (χ1v) is 11.8. The standard InChI is InChI=1S/C22H26N6O2S/c1-17-4-3-5-19(14-17)16-31(29,30)28-12-10-27(11-13-28)22-7-6-20(25-26-22)24-21-15-18(2)8-9-23-21/h3-9,14-15H,10-13,16H2,1-2H3,(H,23,24,25). The molecule has 9 heteroatoms. The minimum atomic E-state index is -3.35. The van der Waals surface area contributed by atoms with Crippen LogP contribution >= 0.6 is 0 Å². The molecule has 0 amide bonds. The summed E-state index contributed by atoms with van der Waals surface area (Å²) in [5.74, 6) is 2.09. The van der Waals surface area contributed by atoms with Gasteiger partial charge in [0.15, 0.2) is 11.6 Å². The predicted octanol–water partition coefficient (Wildman–Crippen LogP) is 2.88. The number of hydrogen-bond donors (Lipinski definition) is 1. The lowest BCUT2D eigenvalue weighted by molar-refractivity contribution is 0.383. The van der Waals surface area contributed by atoms with Gasteiger partial charge in [0, 0.05) is 32.4 Å². The van der Waals surface area contributed by atoms with Crippen molar-refractivity contribution in [1.82, 2.24) is 19.5 Å². The van der Waals surface area contributed by atoms with Gasteiger partial charge in [-0.15, -0.1) is 10.2 Å². The van der Waals surface area contributed by atoms with E-state index in [1.165, 1.54) is 0 Å². The summed E-state index contributed by atoms with van der Waals surface area (Å²) in [5, 5.41) is 11.7. The normalized spacial score (nSPS) is 15.1. The zero-order chi connectivity index (χ0) is 21.8. The third-order valence-electron chi connectivity index (χ3n) is 5.21. The van der Waals surface area contributed by atoms with Crippen LogP contribution in [0.1, 0.15) is 16.7 Å². The van der Waals surface area contributed by atoms with Crippen molar-refractivity contribution in [3.8, 4) is 0 Å². The summed E-state index contributed by atoms with van der Waals surface area (Å²) in [6, 6.07) is 15.3. The average molecular weight is 439 g/mol. The molecule has 2 aromatic heterocycles. The van der Waals surface area contributed by atoms with Gasteiger partial charge in [-0.2, -0.15) is 4.31 Å². The van der Waals surface area contributed by atoms with E-state index in [1.807, 2.05) is 62.4 Å². The first-order valence-electron chi connectivity index (χ1n) is 10.2. The van der Waals surface area contributed by atoms with E-state index in [0.29, 0.717) is 32.0 Å². The fourth-order valence-electron chi connectivity index (χ4n) is 3.60. The van der Waals surface area contributed by atoms with Gasteiger partial charge in [0.25, 0.3) is 0 Å². The summed E-state index contributed by atoms with van der Waals surface area (Å²) in [4.78, 5) is 6.32. The molecule has 1 aliphatic rings. The van der Waals surface area contributed by atoms with Crippen LogP contribution < -0.4 is 10.2 Å². The minimum Gasteiger partial charge on any atom is -0.352 e. The van der Waals surface area contributed by atoms with Gasteiger partial charge in [0.1, 0.15) is 5.82 Å². The molecule has 0 spiro atoms. The fourth-order valence-corrected chi connectivity index (χ4v) is 5.10. The van der Waals surface area contributed by atoms with Gasteiger partial charge in [0.2, 0.25) is 10.0 Å². The van der Waals surface area contributed by atoms with E-state index in [0.717, 1.165) is 28.3 Å². The van der Waals surface area contributed by atoms with E-state index >= 15 is 0 Å². The molecule has 1 N–H and O–H groups in total. The number of rotatable bonds is 6. The van der Waals surface area contributed by atoms with Gasteiger partial charge in [-0.25, -0.2) is 13.4 Å². The van der Waals surface area contributed by atoms with E-state index in [4.69, 9.17) is 0 Å². The second kappa shape index (κ2) is 8.99. The molecule has 162 valence electrons. The van der Waals surface area contributed by atoms with Gasteiger partial charge >= 0.3 is 0 Å². The van der Waals surface area contributed by atoms with Crippen molar-refractivity contribution in [2.75, 3.05) is 36.4 Å². The minimum absolute atomic E-state index is 0.0296. The molecular weight excluding hydrogens is 412 g/mol. The predicted molar refractivity (Wildman–Crippen MR) is 122 cm³/mol. The number of benzene rings is 1. The number of hydrogen-bond acceptors (Lipinski definition) is 7. The maximum absolute atomic E-state index is 12.8. The number of pyridine rings is 1. The Balaban J connectivity index is 1.35. The Morgan fingerprint density at radius 3 is 2.35 bits per heavy atom. The molecule has 0 unspecified atom stereocenters. The van der Waals surface area contributed by atoms with E-state index in [-0.39, 0.29) is 5.75 Å². The number of aryl methyl sites for hydroxylation is 2. The van der Waals surface area contributed by atoms with Crippen LogP contribution in [0.3, 0.4) is 0 Å². The number of nitrogens with one attached hydrogen (secondary N) is 1. The molecule has 0 saturated carbocycles. The number of sulfonamides is 1. The van der Waals surface area contributed by atoms with Crippen molar-refractivity contribution in [2.45, 2.75) is 19.6 Å². The molecule has 31 heavy (non-hydrogen) atoms. The molecule has 3 aromatic rings. The van der Waals surface area contributed by atoms with E-state index in [9.17, 15) is 8.42 Å². The topological polar surface area (TPSA) is 91.3 Å². The molecule has 1 aromatic carbocycles. The van der Waals surface area contributed by atoms with Crippen LogP contribution in [0.4, 0.5) is 17.5 Å². The van der Waals surface area contributed by atoms with Crippen LogP contribution in [-0.4, -0.2) is 54.1 Å². The molecule has 0 atom stereocenters. The zero-order valence-electron chi connectivity index (χ0n) is 17.7. The Labute approximate surface area is 183 Å². The highest BCUT2D eigenvalue weighted by Gasteiger charge is 2.27. The Bertz CT molecular complexity index is 1140. The van der Waals surface area contributed by atoms with Crippen LogP contribution in [-0.2, 0) is 15.8 Å². The highest BCUT2D eigenvalue weighted by molar-refractivity contribution is 7.88. The van der Waals surface area contributed by atoms with Crippen LogP contribution in [0, 0.1) is 13.8 Å². The van der Waals surface area contributed by atoms with Gasteiger partial charge in [-0.3, -0.25) is 0 Å². The first-order chi connectivity index (χ1) is 14.9. The second-order valence-electron chi connectivity index (χ2n) is 7.75. The van der Waals surface area contributed by atoms with E-state index < -0.39 is 10.0 Å². The van der Waals surface area contributed by atoms with E-state index in [2.05, 4.69) is 25.4 Å². The highest BCUT2D eigenvalue weighted by Crippen LogP contribution is 2.19. The summed E-state index contributed by atoms with van der Waals surface area (Å²) in [6.07, 6.45) is 1.74. The van der Waals surface area contributed by atoms with Crippen molar-refractivity contribution < 1.29 is 8.42 Å². The summed E-state index contributed by atoms with van der Waals surface area (Å²) in [6.45, 7) is 5.99. The average Bonchev–Trinajstić information content (AvgIpc) is 2.74. The fraction of sp³-hybridized carbons (Fsp3) is 0.318. The number of nitrogens with zero attached hydrogens (tertiary/aromatic N) is 5. The van der Waals surface area contributed by atoms with Crippen molar-refractivity contribution >= 4 is 27.5 Å². The summed E-state index contributed by atoms with van der Waals surface area (Å²) >= 11 is 0. The molecule has 1 aliphatic heterocycles. The Kier molecular flexibility index (Phi) is 6.15. The third-order valence-corrected chi connectivity index (χ3v) is 7.06. The molecule has 3 heterocycles. The summed E-state index contributed by atoms with van der Waals surface area (Å²) < 4.78 is 27.2. The molecule has 0 aliphatic carbocycles. The van der Waals surface area contributed by atoms with E-state index in [1.54, 1.807) is 10.5 Å².